The van der Waals surface area contributed by atoms with Crippen molar-refractivity contribution in [2.75, 3.05) is 26.1 Å². The summed E-state index contributed by atoms with van der Waals surface area (Å²) in [5.41, 5.74) is 0. The lowest BCUT2D eigenvalue weighted by Gasteiger charge is -2.15. The molecule has 2 amide bonds. The highest BCUT2D eigenvalue weighted by molar-refractivity contribution is 7.10. The first-order valence-corrected chi connectivity index (χ1v) is 4.90. The molecule has 0 aliphatic carbocycles. The van der Waals surface area contributed by atoms with Gasteiger partial charge in [-0.1, -0.05) is 4.49 Å². The van der Waals surface area contributed by atoms with E-state index in [0.717, 1.165) is 11.5 Å². The molecule has 1 heterocycles. The van der Waals surface area contributed by atoms with Crippen molar-refractivity contribution in [3.8, 4) is 0 Å². The van der Waals surface area contributed by atoms with E-state index in [2.05, 4.69) is 20.2 Å². The smallest absolute Gasteiger partial charge is 0.322 e. The first-order valence-electron chi connectivity index (χ1n) is 4.13. The summed E-state index contributed by atoms with van der Waals surface area (Å²) in [5.74, 6) is 0. The minimum atomic E-state index is -0.476. The van der Waals surface area contributed by atoms with Crippen LogP contribution in [-0.4, -0.2) is 42.7 Å². The first kappa shape index (κ1) is 11.8. The Hall–Kier alpha value is -1.25. The van der Waals surface area contributed by atoms with Crippen LogP contribution in [0.15, 0.2) is 6.20 Å². The number of nitrogens with one attached hydrogen (secondary N) is 2. The zero-order chi connectivity index (χ0) is 11.1. The normalized spacial score (nSPS) is 12.1. The summed E-state index contributed by atoms with van der Waals surface area (Å²) in [7, 11) is 3.01. The van der Waals surface area contributed by atoms with E-state index < -0.39 is 6.23 Å². The largest absolute Gasteiger partial charge is 0.380 e. The van der Waals surface area contributed by atoms with Gasteiger partial charge in [0, 0.05) is 25.8 Å². The lowest BCUT2D eigenvalue weighted by molar-refractivity contribution is 0.0157. The molecule has 1 unspecified atom stereocenters. The Bertz CT molecular complexity index is 292. The van der Waals surface area contributed by atoms with Crippen molar-refractivity contribution in [3.63, 3.8) is 0 Å². The van der Waals surface area contributed by atoms with Crippen LogP contribution in [0.1, 0.15) is 0 Å². The minimum Gasteiger partial charge on any atom is -0.380 e. The van der Waals surface area contributed by atoms with E-state index in [0.29, 0.717) is 5.00 Å². The second-order valence-corrected chi connectivity index (χ2v) is 3.35. The SMILES string of the molecule is COCC(NC(=O)Nc1cnns1)OC. The zero-order valence-electron chi connectivity index (χ0n) is 8.39. The fourth-order valence-corrected chi connectivity index (χ4v) is 1.25. The molecule has 0 bridgehead atoms. The predicted octanol–water partition coefficient (Wildman–Crippen LogP) is 0.278. The van der Waals surface area contributed by atoms with Crippen molar-refractivity contribution in [1.82, 2.24) is 14.9 Å². The number of methoxy groups -OCH3 is 2. The maximum absolute atomic E-state index is 11.3. The van der Waals surface area contributed by atoms with Crippen molar-refractivity contribution in [3.05, 3.63) is 6.20 Å². The number of ether oxygens (including phenoxy) is 2. The number of nitrogens with zero attached hydrogens (tertiary/aromatic N) is 2. The highest BCUT2D eigenvalue weighted by Gasteiger charge is 2.11. The van der Waals surface area contributed by atoms with Crippen LogP contribution in [0.4, 0.5) is 9.80 Å². The third-order valence-electron chi connectivity index (χ3n) is 1.49. The molecule has 0 saturated carbocycles. The summed E-state index contributed by atoms with van der Waals surface area (Å²) in [6.07, 6.45) is 0.985. The Morgan fingerprint density at radius 2 is 2.47 bits per heavy atom. The number of amides is 2. The number of urea groups is 1. The fraction of sp³-hybridized carbons (Fsp3) is 0.571. The first-order chi connectivity index (χ1) is 7.26. The number of carbonyl (C=O) groups is 1. The molecule has 0 fully saturated rings. The van der Waals surface area contributed by atoms with Crippen molar-refractivity contribution >= 4 is 22.6 Å². The summed E-state index contributed by atoms with van der Waals surface area (Å²) in [6, 6.07) is -0.384. The van der Waals surface area contributed by atoms with Crippen LogP contribution >= 0.6 is 11.5 Å². The molecule has 1 aromatic rings. The molecule has 1 aromatic heterocycles. The highest BCUT2D eigenvalue weighted by atomic mass is 32.1. The second kappa shape index (κ2) is 6.27. The molecule has 1 rings (SSSR count). The highest BCUT2D eigenvalue weighted by Crippen LogP contribution is 2.08. The summed E-state index contributed by atoms with van der Waals surface area (Å²) in [4.78, 5) is 11.3. The van der Waals surface area contributed by atoms with Crippen LogP contribution in [0.3, 0.4) is 0 Å². The molecule has 0 radical (unpaired) electrons. The Kier molecular flexibility index (Phi) is 4.95. The van der Waals surface area contributed by atoms with E-state index in [-0.39, 0.29) is 12.6 Å². The Labute approximate surface area is 90.9 Å². The molecule has 0 spiro atoms. The van der Waals surface area contributed by atoms with Gasteiger partial charge >= 0.3 is 6.03 Å². The maximum Gasteiger partial charge on any atom is 0.322 e. The lowest BCUT2D eigenvalue weighted by atomic mass is 10.6. The van der Waals surface area contributed by atoms with E-state index in [9.17, 15) is 4.79 Å². The van der Waals surface area contributed by atoms with Crippen LogP contribution < -0.4 is 10.6 Å². The Balaban J connectivity index is 2.34. The van der Waals surface area contributed by atoms with Gasteiger partial charge in [-0.2, -0.15) is 0 Å². The van der Waals surface area contributed by atoms with E-state index in [4.69, 9.17) is 9.47 Å². The fourth-order valence-electron chi connectivity index (χ4n) is 0.836. The van der Waals surface area contributed by atoms with Crippen LogP contribution in [0, 0.1) is 0 Å². The van der Waals surface area contributed by atoms with Gasteiger partial charge < -0.3 is 14.8 Å². The van der Waals surface area contributed by atoms with E-state index in [1.165, 1.54) is 20.4 Å². The Morgan fingerprint density at radius 3 is 3.00 bits per heavy atom. The molecule has 0 saturated heterocycles. The summed E-state index contributed by atoms with van der Waals surface area (Å²) in [6.45, 7) is 0.283. The van der Waals surface area contributed by atoms with Gasteiger partial charge in [-0.25, -0.2) is 4.79 Å². The van der Waals surface area contributed by atoms with Gasteiger partial charge in [-0.3, -0.25) is 5.32 Å². The Morgan fingerprint density at radius 1 is 1.67 bits per heavy atom. The molecule has 1 atom stereocenters. The van der Waals surface area contributed by atoms with E-state index >= 15 is 0 Å². The number of hydrogen-bond acceptors (Lipinski definition) is 6. The van der Waals surface area contributed by atoms with Crippen molar-refractivity contribution < 1.29 is 14.3 Å². The third kappa shape index (κ3) is 4.19. The molecule has 15 heavy (non-hydrogen) atoms. The summed E-state index contributed by atoms with van der Waals surface area (Å²) >= 11 is 1.09. The number of carbonyl (C=O) groups excluding carboxylic acids is 1. The van der Waals surface area contributed by atoms with E-state index in [1.807, 2.05) is 0 Å². The molecule has 8 heteroatoms. The number of anilines is 1. The van der Waals surface area contributed by atoms with Crippen LogP contribution in [-0.2, 0) is 9.47 Å². The molecule has 84 valence electrons. The average Bonchev–Trinajstić information content (AvgIpc) is 2.69. The second-order valence-electron chi connectivity index (χ2n) is 2.56. The van der Waals surface area contributed by atoms with Crippen molar-refractivity contribution in [1.29, 1.82) is 0 Å². The quantitative estimate of drug-likeness (QED) is 0.712. The maximum atomic E-state index is 11.3. The van der Waals surface area contributed by atoms with Gasteiger partial charge in [-0.15, -0.1) is 5.10 Å². The van der Waals surface area contributed by atoms with Crippen molar-refractivity contribution in [2.45, 2.75) is 6.23 Å². The molecular weight excluding hydrogens is 220 g/mol. The summed E-state index contributed by atoms with van der Waals surface area (Å²) < 4.78 is 13.4. The predicted molar refractivity (Wildman–Crippen MR) is 54.7 cm³/mol. The molecule has 0 aromatic carbocycles. The topological polar surface area (TPSA) is 85.4 Å². The average molecular weight is 232 g/mol. The van der Waals surface area contributed by atoms with Gasteiger partial charge in [0.2, 0.25) is 0 Å². The standard InChI is InChI=1S/C7H12N4O3S/c1-13-4-5(14-2)9-7(12)10-6-3-8-11-15-6/h3,5H,4H2,1-2H3,(H2,9,10,12). The number of rotatable bonds is 5. The van der Waals surface area contributed by atoms with Gasteiger partial charge in [0.05, 0.1) is 12.8 Å². The molecule has 7 nitrogen and oxygen atoms in total. The van der Waals surface area contributed by atoms with Crippen molar-refractivity contribution in [2.24, 2.45) is 0 Å². The van der Waals surface area contributed by atoms with Gasteiger partial charge in [-0.05, 0) is 0 Å². The molecule has 0 aliphatic heterocycles. The van der Waals surface area contributed by atoms with Crippen LogP contribution in [0.25, 0.3) is 0 Å². The summed E-state index contributed by atoms with van der Waals surface area (Å²) in [5, 5.41) is 9.26. The van der Waals surface area contributed by atoms with Gasteiger partial charge in [0.1, 0.15) is 5.00 Å². The number of aromatic nitrogens is 2. The monoisotopic (exact) mass is 232 g/mol. The number of hydrogen-bond donors (Lipinski definition) is 2. The van der Waals surface area contributed by atoms with Gasteiger partial charge in [0.15, 0.2) is 6.23 Å². The third-order valence-corrected chi connectivity index (χ3v) is 2.07. The van der Waals surface area contributed by atoms with Gasteiger partial charge in [0.25, 0.3) is 0 Å². The van der Waals surface area contributed by atoms with Crippen LogP contribution in [0.5, 0.6) is 0 Å². The molecular formula is C7H12N4O3S. The lowest BCUT2D eigenvalue weighted by Crippen LogP contribution is -2.41. The minimum absolute atomic E-state index is 0.283. The van der Waals surface area contributed by atoms with Crippen LogP contribution in [0.2, 0.25) is 0 Å². The zero-order valence-corrected chi connectivity index (χ0v) is 9.21. The molecule has 0 aliphatic rings. The van der Waals surface area contributed by atoms with E-state index in [1.54, 1.807) is 0 Å². The molecule has 2 N–H and O–H groups in total.